The molecule has 1 atom stereocenters. The molecule has 0 radical (unpaired) electrons. The van der Waals surface area contributed by atoms with Gasteiger partial charge in [-0.15, -0.1) is 11.6 Å². The van der Waals surface area contributed by atoms with Crippen molar-refractivity contribution in [3.05, 3.63) is 41.1 Å². The molecular formula is C12H12ClNO2. The molecular weight excluding hydrogens is 226 g/mol. The Morgan fingerprint density at radius 2 is 2.25 bits per heavy atom. The Morgan fingerprint density at radius 3 is 2.94 bits per heavy atom. The Hall–Kier alpha value is -1.48. The van der Waals surface area contributed by atoms with Crippen LogP contribution in [0.2, 0.25) is 0 Å². The van der Waals surface area contributed by atoms with E-state index < -0.39 is 5.97 Å². The summed E-state index contributed by atoms with van der Waals surface area (Å²) in [6.45, 7) is 2.00. The highest BCUT2D eigenvalue weighted by molar-refractivity contribution is 6.23. The third-order valence-electron chi connectivity index (χ3n) is 2.49. The van der Waals surface area contributed by atoms with E-state index in [0.717, 1.165) is 16.8 Å². The fourth-order valence-electron chi connectivity index (χ4n) is 1.68. The van der Waals surface area contributed by atoms with E-state index in [0.29, 0.717) is 5.70 Å². The summed E-state index contributed by atoms with van der Waals surface area (Å²) < 4.78 is 4.65. The number of halogens is 1. The molecule has 0 bridgehead atoms. The number of esters is 1. The Balaban J connectivity index is 2.38. The molecule has 0 saturated heterocycles. The average molecular weight is 238 g/mol. The fraction of sp³-hybridized carbons (Fsp3) is 0.250. The first-order valence-electron chi connectivity index (χ1n) is 4.93. The van der Waals surface area contributed by atoms with Crippen LogP contribution in [0.25, 0.3) is 0 Å². The first kappa shape index (κ1) is 11.0. The van der Waals surface area contributed by atoms with Crippen molar-refractivity contribution in [1.82, 2.24) is 0 Å². The van der Waals surface area contributed by atoms with Gasteiger partial charge in [-0.1, -0.05) is 17.7 Å². The molecule has 2 rings (SSSR count). The monoisotopic (exact) mass is 237 g/mol. The molecule has 0 amide bonds. The normalized spacial score (nSPS) is 18.2. The smallest absolute Gasteiger partial charge is 0.354 e. The molecule has 1 aromatic carbocycles. The molecule has 0 aliphatic carbocycles. The number of hydrogen-bond acceptors (Lipinski definition) is 3. The summed E-state index contributed by atoms with van der Waals surface area (Å²) in [5.41, 5.74) is 3.36. The molecule has 1 aliphatic rings. The average Bonchev–Trinajstić information content (AvgIpc) is 2.28. The second-order valence-electron chi connectivity index (χ2n) is 3.69. The quantitative estimate of drug-likeness (QED) is 0.603. The van der Waals surface area contributed by atoms with Gasteiger partial charge in [0.25, 0.3) is 0 Å². The molecule has 0 spiro atoms. The van der Waals surface area contributed by atoms with Crippen molar-refractivity contribution in [2.75, 3.05) is 12.4 Å². The number of fused-ring (bicyclic) bond motifs is 1. The minimum Gasteiger partial charge on any atom is -0.464 e. The highest BCUT2D eigenvalue weighted by Crippen LogP contribution is 2.35. The zero-order chi connectivity index (χ0) is 11.7. The van der Waals surface area contributed by atoms with E-state index in [1.54, 1.807) is 6.08 Å². The van der Waals surface area contributed by atoms with Crippen LogP contribution in [-0.2, 0) is 9.53 Å². The first-order valence-corrected chi connectivity index (χ1v) is 5.37. The van der Waals surface area contributed by atoms with Crippen molar-refractivity contribution in [3.8, 4) is 0 Å². The lowest BCUT2D eigenvalue weighted by Crippen LogP contribution is -2.18. The predicted octanol–water partition coefficient (Wildman–Crippen LogP) is 2.76. The van der Waals surface area contributed by atoms with Gasteiger partial charge in [0, 0.05) is 5.69 Å². The van der Waals surface area contributed by atoms with Crippen LogP contribution >= 0.6 is 11.6 Å². The van der Waals surface area contributed by atoms with Crippen molar-refractivity contribution in [2.45, 2.75) is 12.3 Å². The number of allylic oxidation sites excluding steroid dienone is 1. The van der Waals surface area contributed by atoms with Gasteiger partial charge in [0.05, 0.1) is 12.5 Å². The van der Waals surface area contributed by atoms with Gasteiger partial charge in [0.1, 0.15) is 5.70 Å². The number of hydrogen-bond donors (Lipinski definition) is 1. The van der Waals surface area contributed by atoms with Crippen LogP contribution in [0, 0.1) is 6.92 Å². The molecule has 1 aromatic rings. The van der Waals surface area contributed by atoms with Gasteiger partial charge in [-0.3, -0.25) is 0 Å². The number of rotatable bonds is 1. The second kappa shape index (κ2) is 4.18. The van der Waals surface area contributed by atoms with Gasteiger partial charge < -0.3 is 10.1 Å². The number of carbonyl (C=O) groups excluding carboxylic acids is 1. The molecule has 0 unspecified atom stereocenters. The van der Waals surface area contributed by atoms with Crippen LogP contribution in [-0.4, -0.2) is 13.1 Å². The number of methoxy groups -OCH3 is 1. The molecule has 3 nitrogen and oxygen atoms in total. The highest BCUT2D eigenvalue weighted by Gasteiger charge is 2.22. The van der Waals surface area contributed by atoms with Crippen molar-refractivity contribution < 1.29 is 9.53 Å². The van der Waals surface area contributed by atoms with Crippen LogP contribution in [0.5, 0.6) is 0 Å². The van der Waals surface area contributed by atoms with E-state index in [1.807, 2.05) is 25.1 Å². The number of nitrogens with one attached hydrogen (secondary N) is 1. The molecule has 0 fully saturated rings. The molecule has 1 aliphatic heterocycles. The van der Waals surface area contributed by atoms with Crippen LogP contribution < -0.4 is 5.32 Å². The molecule has 16 heavy (non-hydrogen) atoms. The van der Waals surface area contributed by atoms with Crippen LogP contribution in [0.1, 0.15) is 16.5 Å². The van der Waals surface area contributed by atoms with Crippen molar-refractivity contribution >= 4 is 23.3 Å². The van der Waals surface area contributed by atoms with E-state index in [9.17, 15) is 4.79 Å². The minimum absolute atomic E-state index is 0.301. The van der Waals surface area contributed by atoms with Crippen LogP contribution in [0.15, 0.2) is 30.0 Å². The Morgan fingerprint density at radius 1 is 1.50 bits per heavy atom. The maximum Gasteiger partial charge on any atom is 0.354 e. The van der Waals surface area contributed by atoms with Gasteiger partial charge in [-0.25, -0.2) is 4.79 Å². The Bertz CT molecular complexity index is 468. The van der Waals surface area contributed by atoms with Gasteiger partial charge in [-0.2, -0.15) is 0 Å². The number of aryl methyl sites for hydroxylation is 1. The lowest BCUT2D eigenvalue weighted by Gasteiger charge is -2.21. The van der Waals surface area contributed by atoms with Gasteiger partial charge in [0.15, 0.2) is 0 Å². The summed E-state index contributed by atoms with van der Waals surface area (Å²) in [4.78, 5) is 11.4. The number of benzene rings is 1. The standard InChI is InChI=1S/C12H12ClNO2/c1-7-3-4-10-8(5-7)9(13)6-11(14-10)12(15)16-2/h3-6,9,14H,1-2H3/t9-/m1/s1. The van der Waals surface area contributed by atoms with E-state index in [4.69, 9.17) is 11.6 Å². The zero-order valence-corrected chi connectivity index (χ0v) is 9.84. The predicted molar refractivity (Wildman–Crippen MR) is 63.5 cm³/mol. The second-order valence-corrected chi connectivity index (χ2v) is 4.16. The third kappa shape index (κ3) is 1.91. The molecule has 0 aromatic heterocycles. The molecule has 84 valence electrons. The summed E-state index contributed by atoms with van der Waals surface area (Å²) in [7, 11) is 1.35. The summed E-state index contributed by atoms with van der Waals surface area (Å²) in [6, 6.07) is 5.89. The minimum atomic E-state index is -0.406. The fourth-order valence-corrected chi connectivity index (χ4v) is 1.98. The number of anilines is 1. The summed E-state index contributed by atoms with van der Waals surface area (Å²) in [6.07, 6.45) is 1.66. The first-order chi connectivity index (χ1) is 7.61. The van der Waals surface area contributed by atoms with Crippen molar-refractivity contribution in [3.63, 3.8) is 0 Å². The summed E-state index contributed by atoms with van der Waals surface area (Å²) in [5, 5.41) is 2.71. The topological polar surface area (TPSA) is 38.3 Å². The third-order valence-corrected chi connectivity index (χ3v) is 2.85. The van der Waals surface area contributed by atoms with E-state index in [1.165, 1.54) is 7.11 Å². The molecule has 1 heterocycles. The SMILES string of the molecule is COC(=O)C1=C[C@@H](Cl)c2cc(C)ccc2N1. The number of alkyl halides is 1. The maximum atomic E-state index is 11.4. The lowest BCUT2D eigenvalue weighted by atomic mass is 10.0. The van der Waals surface area contributed by atoms with Crippen LogP contribution in [0.3, 0.4) is 0 Å². The van der Waals surface area contributed by atoms with Gasteiger partial charge >= 0.3 is 5.97 Å². The lowest BCUT2D eigenvalue weighted by molar-refractivity contribution is -0.135. The van der Waals surface area contributed by atoms with E-state index in [-0.39, 0.29) is 5.38 Å². The summed E-state index contributed by atoms with van der Waals surface area (Å²) >= 11 is 6.19. The Labute approximate surface area is 99.1 Å². The van der Waals surface area contributed by atoms with E-state index >= 15 is 0 Å². The number of ether oxygens (including phenoxy) is 1. The zero-order valence-electron chi connectivity index (χ0n) is 9.08. The molecule has 1 N–H and O–H groups in total. The summed E-state index contributed by atoms with van der Waals surface area (Å²) in [5.74, 6) is -0.406. The maximum absolute atomic E-state index is 11.4. The molecule has 0 saturated carbocycles. The van der Waals surface area contributed by atoms with Crippen molar-refractivity contribution in [2.24, 2.45) is 0 Å². The molecule has 4 heteroatoms. The van der Waals surface area contributed by atoms with Gasteiger partial charge in [-0.05, 0) is 24.6 Å². The van der Waals surface area contributed by atoms with Crippen molar-refractivity contribution in [1.29, 1.82) is 0 Å². The highest BCUT2D eigenvalue weighted by atomic mass is 35.5. The number of carbonyl (C=O) groups is 1. The van der Waals surface area contributed by atoms with Gasteiger partial charge in [0.2, 0.25) is 0 Å². The van der Waals surface area contributed by atoms with E-state index in [2.05, 4.69) is 10.1 Å². The van der Waals surface area contributed by atoms with Crippen LogP contribution in [0.4, 0.5) is 5.69 Å². The largest absolute Gasteiger partial charge is 0.464 e. The Kier molecular flexibility index (Phi) is 2.88.